The van der Waals surface area contributed by atoms with Gasteiger partial charge in [-0.3, -0.25) is 9.10 Å². The van der Waals surface area contributed by atoms with Gasteiger partial charge in [-0.25, -0.2) is 8.42 Å². The van der Waals surface area contributed by atoms with Crippen LogP contribution in [0.1, 0.15) is 30.9 Å². The van der Waals surface area contributed by atoms with Gasteiger partial charge in [0.05, 0.1) is 23.1 Å². The maximum atomic E-state index is 13.4. The second-order valence-corrected chi connectivity index (χ2v) is 9.51. The van der Waals surface area contributed by atoms with Gasteiger partial charge in [-0.2, -0.15) is 5.26 Å². The number of carbonyl (C=O) groups is 1. The van der Waals surface area contributed by atoms with Gasteiger partial charge in [0.2, 0.25) is 5.91 Å². The molecule has 0 saturated heterocycles. The summed E-state index contributed by atoms with van der Waals surface area (Å²) in [5.74, 6) is -0.166. The SMILES string of the molecule is CC(C)c1ccc(N(CC(=O)Nc2ccc(CC#N)cc2)S(=O)(=O)c2ccccc2)cc1. The first-order valence-electron chi connectivity index (χ1n) is 10.2. The molecule has 0 radical (unpaired) electrons. The highest BCUT2D eigenvalue weighted by molar-refractivity contribution is 7.92. The molecule has 0 spiro atoms. The molecular weight excluding hydrogens is 422 g/mol. The lowest BCUT2D eigenvalue weighted by atomic mass is 10.0. The standard InChI is InChI=1S/C25H25N3O3S/c1-19(2)21-10-14-23(15-11-21)28(32(30,31)24-6-4-3-5-7-24)18-25(29)27-22-12-8-20(9-13-22)16-17-26/h3-15,19H,16,18H2,1-2H3,(H,27,29). The lowest BCUT2D eigenvalue weighted by molar-refractivity contribution is -0.114. The van der Waals surface area contributed by atoms with Crippen molar-refractivity contribution >= 4 is 27.3 Å². The number of anilines is 2. The Bertz CT molecular complexity index is 1200. The third kappa shape index (κ3) is 5.54. The minimum absolute atomic E-state index is 0.113. The Morgan fingerprint density at radius 3 is 2.16 bits per heavy atom. The van der Waals surface area contributed by atoms with Crippen molar-refractivity contribution in [2.24, 2.45) is 0 Å². The molecule has 0 atom stereocenters. The summed E-state index contributed by atoms with van der Waals surface area (Å²) in [6.07, 6.45) is 0.281. The molecule has 32 heavy (non-hydrogen) atoms. The molecule has 0 saturated carbocycles. The molecule has 6 nitrogen and oxygen atoms in total. The molecule has 1 amide bonds. The van der Waals surface area contributed by atoms with Crippen molar-refractivity contribution in [3.05, 3.63) is 90.0 Å². The summed E-state index contributed by atoms with van der Waals surface area (Å²) < 4.78 is 27.9. The van der Waals surface area contributed by atoms with Gasteiger partial charge in [-0.05, 0) is 53.4 Å². The number of hydrogen-bond acceptors (Lipinski definition) is 4. The van der Waals surface area contributed by atoms with Crippen molar-refractivity contribution in [1.82, 2.24) is 0 Å². The number of nitrogens with one attached hydrogen (secondary N) is 1. The molecule has 3 rings (SSSR count). The van der Waals surface area contributed by atoms with E-state index < -0.39 is 15.9 Å². The minimum Gasteiger partial charge on any atom is -0.325 e. The van der Waals surface area contributed by atoms with Gasteiger partial charge in [-0.1, -0.05) is 56.3 Å². The van der Waals surface area contributed by atoms with Crippen molar-refractivity contribution in [3.63, 3.8) is 0 Å². The van der Waals surface area contributed by atoms with Crippen molar-refractivity contribution in [2.45, 2.75) is 31.1 Å². The van der Waals surface area contributed by atoms with E-state index >= 15 is 0 Å². The van der Waals surface area contributed by atoms with Crippen LogP contribution in [0.25, 0.3) is 0 Å². The van der Waals surface area contributed by atoms with E-state index in [1.807, 2.05) is 12.1 Å². The average Bonchev–Trinajstić information content (AvgIpc) is 2.79. The lowest BCUT2D eigenvalue weighted by Gasteiger charge is -2.24. The molecule has 1 N–H and O–H groups in total. The molecule has 3 aromatic carbocycles. The van der Waals surface area contributed by atoms with Crippen LogP contribution < -0.4 is 9.62 Å². The summed E-state index contributed by atoms with van der Waals surface area (Å²) in [4.78, 5) is 12.9. The maximum Gasteiger partial charge on any atom is 0.264 e. The molecule has 0 aliphatic heterocycles. The fraction of sp³-hybridized carbons (Fsp3) is 0.200. The fourth-order valence-corrected chi connectivity index (χ4v) is 4.63. The summed E-state index contributed by atoms with van der Waals surface area (Å²) >= 11 is 0. The third-order valence-corrected chi connectivity index (χ3v) is 6.78. The molecule has 0 aromatic heterocycles. The molecule has 0 unspecified atom stereocenters. The Kier molecular flexibility index (Phi) is 7.29. The van der Waals surface area contributed by atoms with Crippen molar-refractivity contribution in [2.75, 3.05) is 16.2 Å². The monoisotopic (exact) mass is 447 g/mol. The van der Waals surface area contributed by atoms with E-state index in [4.69, 9.17) is 5.26 Å². The number of hydrogen-bond donors (Lipinski definition) is 1. The predicted octanol–water partition coefficient (Wildman–Crippen LogP) is 4.71. The van der Waals surface area contributed by atoms with Crippen LogP contribution in [0.15, 0.2) is 83.8 Å². The minimum atomic E-state index is -3.95. The smallest absolute Gasteiger partial charge is 0.264 e. The van der Waals surface area contributed by atoms with Gasteiger partial charge in [0, 0.05) is 5.69 Å². The van der Waals surface area contributed by atoms with E-state index in [-0.39, 0.29) is 17.9 Å². The highest BCUT2D eigenvalue weighted by Crippen LogP contribution is 2.26. The van der Waals surface area contributed by atoms with Gasteiger partial charge >= 0.3 is 0 Å². The Hall–Kier alpha value is -3.63. The zero-order valence-electron chi connectivity index (χ0n) is 18.0. The first-order chi connectivity index (χ1) is 15.3. The van der Waals surface area contributed by atoms with Gasteiger partial charge in [-0.15, -0.1) is 0 Å². The van der Waals surface area contributed by atoms with Crippen molar-refractivity contribution in [1.29, 1.82) is 5.26 Å². The van der Waals surface area contributed by atoms with Crippen LogP contribution in [0.2, 0.25) is 0 Å². The average molecular weight is 448 g/mol. The normalized spacial score (nSPS) is 11.1. The zero-order chi connectivity index (χ0) is 23.1. The number of benzene rings is 3. The summed E-state index contributed by atoms with van der Waals surface area (Å²) in [5.41, 5.74) is 2.86. The van der Waals surface area contributed by atoms with Crippen LogP contribution in [0, 0.1) is 11.3 Å². The fourth-order valence-electron chi connectivity index (χ4n) is 3.19. The largest absolute Gasteiger partial charge is 0.325 e. The quantitative estimate of drug-likeness (QED) is 0.541. The molecule has 0 aliphatic carbocycles. The number of carbonyl (C=O) groups excluding carboxylic acids is 1. The van der Waals surface area contributed by atoms with Gasteiger partial charge in [0.25, 0.3) is 10.0 Å². The molecule has 0 fully saturated rings. The molecule has 7 heteroatoms. The molecule has 164 valence electrons. The summed E-state index contributed by atoms with van der Waals surface area (Å²) in [6, 6.07) is 24.2. The van der Waals surface area contributed by atoms with E-state index in [1.165, 1.54) is 12.1 Å². The van der Waals surface area contributed by atoms with Gasteiger partial charge < -0.3 is 5.32 Å². The van der Waals surface area contributed by atoms with E-state index in [0.29, 0.717) is 17.3 Å². The van der Waals surface area contributed by atoms with E-state index in [9.17, 15) is 13.2 Å². The van der Waals surface area contributed by atoms with Crippen molar-refractivity contribution in [3.8, 4) is 6.07 Å². The number of rotatable bonds is 8. The highest BCUT2D eigenvalue weighted by Gasteiger charge is 2.27. The summed E-state index contributed by atoms with van der Waals surface area (Å²) in [6.45, 7) is 3.74. The zero-order valence-corrected chi connectivity index (χ0v) is 18.8. The third-order valence-electron chi connectivity index (χ3n) is 4.99. The van der Waals surface area contributed by atoms with Crippen LogP contribution in [0.3, 0.4) is 0 Å². The van der Waals surface area contributed by atoms with E-state index in [0.717, 1.165) is 15.4 Å². The maximum absolute atomic E-state index is 13.4. The molecular formula is C25H25N3O3S. The predicted molar refractivity (Wildman–Crippen MR) is 126 cm³/mol. The lowest BCUT2D eigenvalue weighted by Crippen LogP contribution is -2.38. The highest BCUT2D eigenvalue weighted by atomic mass is 32.2. The van der Waals surface area contributed by atoms with Crippen LogP contribution in [-0.4, -0.2) is 20.9 Å². The molecule has 0 aliphatic rings. The summed E-state index contributed by atoms with van der Waals surface area (Å²) in [7, 11) is -3.95. The number of nitrogens with zero attached hydrogens (tertiary/aromatic N) is 2. The first-order valence-corrected chi connectivity index (χ1v) is 11.7. The van der Waals surface area contributed by atoms with Crippen LogP contribution >= 0.6 is 0 Å². The number of sulfonamides is 1. The van der Waals surface area contributed by atoms with Gasteiger partial charge in [0.1, 0.15) is 6.54 Å². The number of nitriles is 1. The number of amides is 1. The second kappa shape index (κ2) is 10.1. The molecule has 3 aromatic rings. The van der Waals surface area contributed by atoms with E-state index in [2.05, 4.69) is 25.2 Å². The molecule has 0 bridgehead atoms. The van der Waals surface area contributed by atoms with Crippen LogP contribution in [0.5, 0.6) is 0 Å². The Balaban J connectivity index is 1.88. The van der Waals surface area contributed by atoms with Crippen LogP contribution in [0.4, 0.5) is 11.4 Å². The Labute approximate surface area is 189 Å². The summed E-state index contributed by atoms with van der Waals surface area (Å²) in [5, 5.41) is 11.5. The Morgan fingerprint density at radius 1 is 0.969 bits per heavy atom. The van der Waals surface area contributed by atoms with Gasteiger partial charge in [0.15, 0.2) is 0 Å². The second-order valence-electron chi connectivity index (χ2n) is 7.65. The van der Waals surface area contributed by atoms with Crippen molar-refractivity contribution < 1.29 is 13.2 Å². The first kappa shape index (κ1) is 23.0. The molecule has 0 heterocycles. The van der Waals surface area contributed by atoms with Crippen LogP contribution in [-0.2, 0) is 21.2 Å². The van der Waals surface area contributed by atoms with E-state index in [1.54, 1.807) is 54.6 Å². The topological polar surface area (TPSA) is 90.3 Å². The Morgan fingerprint density at radius 2 is 1.59 bits per heavy atom.